The molecule has 28 heavy (non-hydrogen) atoms. The van der Waals surface area contributed by atoms with E-state index in [1.165, 1.54) is 26.4 Å². The lowest BCUT2D eigenvalue weighted by molar-refractivity contribution is -0.117. The number of hydrogen-bond acceptors (Lipinski definition) is 4. The van der Waals surface area contributed by atoms with Crippen LogP contribution in [0.4, 0.5) is 20.6 Å². The van der Waals surface area contributed by atoms with Crippen molar-refractivity contribution in [1.29, 1.82) is 0 Å². The molecule has 0 spiro atoms. The van der Waals surface area contributed by atoms with Crippen LogP contribution in [0.25, 0.3) is 0 Å². The third-order valence-corrected chi connectivity index (χ3v) is 4.61. The minimum absolute atomic E-state index is 0.0894. The highest BCUT2D eigenvalue weighted by molar-refractivity contribution is 6.31. The number of carbonyl (C=O) groups excluding carboxylic acids is 2. The number of anilines is 2. The van der Waals surface area contributed by atoms with Gasteiger partial charge in [0.25, 0.3) is 0 Å². The fourth-order valence-corrected chi connectivity index (χ4v) is 3.15. The SMILES string of the molecule is COc1ccc(N2C[C@@H](NC(=O)Nc3ccc(F)c(Cl)c3)CC2=O)cc1OC. The minimum Gasteiger partial charge on any atom is -0.493 e. The van der Waals surface area contributed by atoms with Crippen LogP contribution in [0.15, 0.2) is 36.4 Å². The van der Waals surface area contributed by atoms with E-state index in [4.69, 9.17) is 21.1 Å². The Morgan fingerprint density at radius 1 is 1.18 bits per heavy atom. The van der Waals surface area contributed by atoms with Gasteiger partial charge in [-0.15, -0.1) is 0 Å². The highest BCUT2D eigenvalue weighted by Gasteiger charge is 2.32. The summed E-state index contributed by atoms with van der Waals surface area (Å²) in [5, 5.41) is 5.22. The van der Waals surface area contributed by atoms with Gasteiger partial charge in [-0.25, -0.2) is 9.18 Å². The smallest absolute Gasteiger partial charge is 0.319 e. The maximum absolute atomic E-state index is 13.2. The molecule has 2 aromatic carbocycles. The summed E-state index contributed by atoms with van der Waals surface area (Å²) in [5.41, 5.74) is 1.00. The lowest BCUT2D eigenvalue weighted by atomic mass is 10.2. The standard InChI is InChI=1S/C19H19ClFN3O4/c1-27-16-6-4-13(9-17(16)28-2)24-10-12(8-18(24)25)23-19(26)22-11-3-5-15(21)14(20)7-11/h3-7,9,12H,8,10H2,1-2H3,(H2,22,23,26)/t12-/m0/s1. The molecular weight excluding hydrogens is 389 g/mol. The molecule has 2 aromatic rings. The molecule has 0 aliphatic carbocycles. The highest BCUT2D eigenvalue weighted by atomic mass is 35.5. The molecule has 1 aliphatic rings. The molecule has 1 saturated heterocycles. The molecular formula is C19H19ClFN3O4. The van der Waals surface area contributed by atoms with Crippen molar-refractivity contribution in [3.8, 4) is 11.5 Å². The largest absolute Gasteiger partial charge is 0.493 e. The summed E-state index contributed by atoms with van der Waals surface area (Å²) in [7, 11) is 3.05. The summed E-state index contributed by atoms with van der Waals surface area (Å²) < 4.78 is 23.7. The zero-order chi connectivity index (χ0) is 20.3. The molecule has 1 aliphatic heterocycles. The summed E-state index contributed by atoms with van der Waals surface area (Å²) in [6, 6.07) is 8.17. The first kappa shape index (κ1) is 19.8. The first-order valence-electron chi connectivity index (χ1n) is 8.46. The molecule has 0 radical (unpaired) electrons. The van der Waals surface area contributed by atoms with E-state index in [1.807, 2.05) is 0 Å². The van der Waals surface area contributed by atoms with Crippen molar-refractivity contribution in [1.82, 2.24) is 5.32 Å². The van der Waals surface area contributed by atoms with Crippen LogP contribution in [0.3, 0.4) is 0 Å². The van der Waals surface area contributed by atoms with E-state index in [2.05, 4.69) is 10.6 Å². The summed E-state index contributed by atoms with van der Waals surface area (Å²) in [6.07, 6.45) is 0.159. The molecule has 7 nitrogen and oxygen atoms in total. The molecule has 1 fully saturated rings. The molecule has 0 aromatic heterocycles. The van der Waals surface area contributed by atoms with Crippen LogP contribution in [-0.2, 0) is 4.79 Å². The van der Waals surface area contributed by atoms with Crippen molar-refractivity contribution in [2.24, 2.45) is 0 Å². The Hall–Kier alpha value is -3.00. The molecule has 3 rings (SSSR count). The summed E-state index contributed by atoms with van der Waals surface area (Å²) in [6.45, 7) is 0.311. The van der Waals surface area contributed by atoms with E-state index in [0.717, 1.165) is 6.07 Å². The van der Waals surface area contributed by atoms with E-state index in [1.54, 1.807) is 23.1 Å². The number of amides is 3. The molecule has 148 valence electrons. The summed E-state index contributed by atoms with van der Waals surface area (Å²) in [4.78, 5) is 26.1. The fourth-order valence-electron chi connectivity index (χ4n) is 2.97. The molecule has 3 amide bonds. The lowest BCUT2D eigenvalue weighted by Crippen LogP contribution is -2.39. The normalized spacial score (nSPS) is 16.1. The van der Waals surface area contributed by atoms with Gasteiger partial charge >= 0.3 is 6.03 Å². The number of rotatable bonds is 5. The molecule has 9 heteroatoms. The van der Waals surface area contributed by atoms with Gasteiger partial charge in [0.2, 0.25) is 5.91 Å². The highest BCUT2D eigenvalue weighted by Crippen LogP contribution is 2.33. The van der Waals surface area contributed by atoms with E-state index >= 15 is 0 Å². The topological polar surface area (TPSA) is 79.9 Å². The van der Waals surface area contributed by atoms with E-state index in [-0.39, 0.29) is 23.4 Å². The zero-order valence-electron chi connectivity index (χ0n) is 15.3. The first-order chi connectivity index (χ1) is 13.4. The lowest BCUT2D eigenvalue weighted by Gasteiger charge is -2.19. The molecule has 1 heterocycles. The van der Waals surface area contributed by atoms with E-state index in [0.29, 0.717) is 29.4 Å². The second-order valence-electron chi connectivity index (χ2n) is 6.17. The predicted octanol–water partition coefficient (Wildman–Crippen LogP) is 3.42. The van der Waals surface area contributed by atoms with Crippen molar-refractivity contribution in [3.63, 3.8) is 0 Å². The Morgan fingerprint density at radius 3 is 2.61 bits per heavy atom. The quantitative estimate of drug-likeness (QED) is 0.795. The average molecular weight is 408 g/mol. The summed E-state index contributed by atoms with van der Waals surface area (Å²) in [5.74, 6) is 0.377. The Balaban J connectivity index is 1.64. The first-order valence-corrected chi connectivity index (χ1v) is 8.84. The maximum atomic E-state index is 13.2. The third-order valence-electron chi connectivity index (χ3n) is 4.32. The number of urea groups is 1. The summed E-state index contributed by atoms with van der Waals surface area (Å²) >= 11 is 5.70. The number of nitrogens with zero attached hydrogens (tertiary/aromatic N) is 1. The van der Waals surface area contributed by atoms with Gasteiger partial charge < -0.3 is 25.0 Å². The van der Waals surface area contributed by atoms with Gasteiger partial charge in [0.1, 0.15) is 5.82 Å². The Bertz CT molecular complexity index is 909. The second-order valence-corrected chi connectivity index (χ2v) is 6.58. The average Bonchev–Trinajstić information content (AvgIpc) is 3.04. The Kier molecular flexibility index (Phi) is 5.89. The van der Waals surface area contributed by atoms with Crippen LogP contribution < -0.4 is 25.0 Å². The van der Waals surface area contributed by atoms with Crippen LogP contribution in [0, 0.1) is 5.82 Å². The number of methoxy groups -OCH3 is 2. The maximum Gasteiger partial charge on any atom is 0.319 e. The minimum atomic E-state index is -0.570. The second kappa shape index (κ2) is 8.35. The van der Waals surface area contributed by atoms with Crippen LogP contribution >= 0.6 is 11.6 Å². The van der Waals surface area contributed by atoms with Crippen LogP contribution in [0.5, 0.6) is 11.5 Å². The fraction of sp³-hybridized carbons (Fsp3) is 0.263. The van der Waals surface area contributed by atoms with Gasteiger partial charge in [-0.3, -0.25) is 4.79 Å². The third kappa shape index (κ3) is 4.28. The van der Waals surface area contributed by atoms with Crippen molar-refractivity contribution in [2.45, 2.75) is 12.5 Å². The van der Waals surface area contributed by atoms with Crippen LogP contribution in [-0.4, -0.2) is 38.7 Å². The van der Waals surface area contributed by atoms with Crippen LogP contribution in [0.1, 0.15) is 6.42 Å². The van der Waals surface area contributed by atoms with E-state index in [9.17, 15) is 14.0 Å². The Labute approximate surface area is 166 Å². The van der Waals surface area contributed by atoms with Gasteiger partial charge in [0, 0.05) is 30.4 Å². The van der Waals surface area contributed by atoms with Gasteiger partial charge in [0.05, 0.1) is 25.3 Å². The van der Waals surface area contributed by atoms with Crippen molar-refractivity contribution >= 4 is 34.9 Å². The molecule has 1 atom stereocenters. The molecule has 2 N–H and O–H groups in total. The Morgan fingerprint density at radius 2 is 1.93 bits per heavy atom. The molecule has 0 bridgehead atoms. The van der Waals surface area contributed by atoms with Gasteiger partial charge in [-0.2, -0.15) is 0 Å². The zero-order valence-corrected chi connectivity index (χ0v) is 16.0. The number of ether oxygens (including phenoxy) is 2. The van der Waals surface area contributed by atoms with Crippen molar-refractivity contribution in [2.75, 3.05) is 31.0 Å². The van der Waals surface area contributed by atoms with Gasteiger partial charge in [0.15, 0.2) is 11.5 Å². The van der Waals surface area contributed by atoms with Crippen molar-refractivity contribution < 1.29 is 23.5 Å². The van der Waals surface area contributed by atoms with Gasteiger partial charge in [-0.1, -0.05) is 11.6 Å². The monoisotopic (exact) mass is 407 g/mol. The number of nitrogens with one attached hydrogen (secondary N) is 2. The van der Waals surface area contributed by atoms with E-state index < -0.39 is 11.8 Å². The number of carbonyl (C=O) groups is 2. The molecule has 0 unspecified atom stereocenters. The number of halogens is 2. The molecule has 0 saturated carbocycles. The van der Waals surface area contributed by atoms with Gasteiger partial charge in [-0.05, 0) is 30.3 Å². The predicted molar refractivity (Wildman–Crippen MR) is 104 cm³/mol. The number of hydrogen-bond donors (Lipinski definition) is 2. The number of benzene rings is 2. The van der Waals surface area contributed by atoms with Crippen molar-refractivity contribution in [3.05, 3.63) is 47.2 Å². The van der Waals surface area contributed by atoms with Crippen LogP contribution in [0.2, 0.25) is 5.02 Å².